The molecule has 0 aliphatic rings. The first-order chi connectivity index (χ1) is 7.90. The van der Waals surface area contributed by atoms with Gasteiger partial charge in [-0.15, -0.1) is 0 Å². The van der Waals surface area contributed by atoms with E-state index < -0.39 is 0 Å². The minimum Gasteiger partial charge on any atom is -0.339 e. The van der Waals surface area contributed by atoms with Crippen molar-refractivity contribution in [3.63, 3.8) is 0 Å². The molecule has 1 aromatic rings. The average molecular weight is 235 g/mol. The molecule has 0 aromatic carbocycles. The molecule has 17 heavy (non-hydrogen) atoms. The van der Waals surface area contributed by atoms with E-state index in [4.69, 9.17) is 9.78 Å². The summed E-state index contributed by atoms with van der Waals surface area (Å²) in [5.74, 6) is 1.70. The van der Waals surface area contributed by atoms with Gasteiger partial charge in [-0.2, -0.15) is 10.2 Å². The smallest absolute Gasteiger partial charge is 0.226 e. The van der Waals surface area contributed by atoms with Crippen LogP contribution in [0.1, 0.15) is 52.3 Å². The minimum absolute atomic E-state index is 0.274. The highest BCUT2D eigenvalue weighted by molar-refractivity contribution is 4.90. The molecule has 1 unspecified atom stereocenters. The maximum atomic E-state index is 8.58. The second-order valence-corrected chi connectivity index (χ2v) is 5.84. The average Bonchev–Trinajstić information content (AvgIpc) is 2.62. The van der Waals surface area contributed by atoms with Crippen LogP contribution in [0.15, 0.2) is 4.52 Å². The quantitative estimate of drug-likeness (QED) is 0.786. The van der Waals surface area contributed by atoms with E-state index in [2.05, 4.69) is 37.0 Å². The Labute approximate surface area is 103 Å². The van der Waals surface area contributed by atoms with Gasteiger partial charge in [0, 0.05) is 19.3 Å². The van der Waals surface area contributed by atoms with E-state index >= 15 is 0 Å². The Kier molecular flexibility index (Phi) is 4.68. The number of aryl methyl sites for hydroxylation is 1. The van der Waals surface area contributed by atoms with E-state index in [-0.39, 0.29) is 11.3 Å². The maximum Gasteiger partial charge on any atom is 0.226 e. The summed E-state index contributed by atoms with van der Waals surface area (Å²) >= 11 is 0. The van der Waals surface area contributed by atoms with Crippen LogP contribution >= 0.6 is 0 Å². The lowest BCUT2D eigenvalue weighted by Crippen LogP contribution is -2.07. The Morgan fingerprint density at radius 2 is 2.12 bits per heavy atom. The molecule has 4 nitrogen and oxygen atoms in total. The predicted molar refractivity (Wildman–Crippen MR) is 65.2 cm³/mol. The van der Waals surface area contributed by atoms with Gasteiger partial charge in [0.2, 0.25) is 5.89 Å². The minimum atomic E-state index is 0.274. The summed E-state index contributed by atoms with van der Waals surface area (Å²) in [7, 11) is 0. The SMILES string of the molecule is CC(CC#N)Cc1nc(CCC(C)(C)C)no1. The zero-order valence-electron chi connectivity index (χ0n) is 11.2. The highest BCUT2D eigenvalue weighted by Crippen LogP contribution is 2.20. The van der Waals surface area contributed by atoms with Gasteiger partial charge in [0.05, 0.1) is 6.07 Å². The van der Waals surface area contributed by atoms with E-state index in [9.17, 15) is 0 Å². The second kappa shape index (κ2) is 5.81. The van der Waals surface area contributed by atoms with Crippen LogP contribution in [0, 0.1) is 22.7 Å². The van der Waals surface area contributed by atoms with Gasteiger partial charge < -0.3 is 4.52 Å². The lowest BCUT2D eigenvalue weighted by Gasteiger charge is -2.15. The number of nitrogens with zero attached hydrogens (tertiary/aromatic N) is 3. The van der Waals surface area contributed by atoms with Crippen molar-refractivity contribution in [2.75, 3.05) is 0 Å². The normalized spacial score (nSPS) is 13.4. The number of hydrogen-bond acceptors (Lipinski definition) is 4. The van der Waals surface area contributed by atoms with Crippen molar-refractivity contribution in [2.45, 2.75) is 53.4 Å². The maximum absolute atomic E-state index is 8.58. The molecular weight excluding hydrogens is 214 g/mol. The highest BCUT2D eigenvalue weighted by atomic mass is 16.5. The van der Waals surface area contributed by atoms with Crippen molar-refractivity contribution < 1.29 is 4.52 Å². The Bertz CT molecular complexity index is 384. The van der Waals surface area contributed by atoms with Crippen LogP contribution in [0.2, 0.25) is 0 Å². The third-order valence-corrected chi connectivity index (χ3v) is 2.57. The van der Waals surface area contributed by atoms with Crippen LogP contribution in [-0.4, -0.2) is 10.1 Å². The van der Waals surface area contributed by atoms with Gasteiger partial charge in [0.15, 0.2) is 5.82 Å². The molecule has 0 amide bonds. The first-order valence-electron chi connectivity index (χ1n) is 6.09. The first-order valence-corrected chi connectivity index (χ1v) is 6.09. The zero-order chi connectivity index (χ0) is 12.9. The van der Waals surface area contributed by atoms with Crippen molar-refractivity contribution in [1.29, 1.82) is 5.26 Å². The van der Waals surface area contributed by atoms with Gasteiger partial charge in [0.1, 0.15) is 0 Å². The van der Waals surface area contributed by atoms with Gasteiger partial charge in [-0.3, -0.25) is 0 Å². The van der Waals surface area contributed by atoms with Crippen LogP contribution in [0.25, 0.3) is 0 Å². The second-order valence-electron chi connectivity index (χ2n) is 5.84. The summed E-state index contributed by atoms with van der Waals surface area (Å²) in [6.07, 6.45) is 3.11. The third kappa shape index (κ3) is 5.48. The lowest BCUT2D eigenvalue weighted by molar-refractivity contribution is 0.346. The fourth-order valence-electron chi connectivity index (χ4n) is 1.49. The van der Waals surface area contributed by atoms with Crippen molar-refractivity contribution >= 4 is 0 Å². The molecule has 0 aliphatic carbocycles. The molecule has 0 fully saturated rings. The zero-order valence-corrected chi connectivity index (χ0v) is 11.2. The lowest BCUT2D eigenvalue weighted by atomic mass is 9.90. The molecule has 4 heteroatoms. The fourth-order valence-corrected chi connectivity index (χ4v) is 1.49. The van der Waals surface area contributed by atoms with Crippen LogP contribution in [0.3, 0.4) is 0 Å². The largest absolute Gasteiger partial charge is 0.339 e. The molecule has 0 N–H and O–H groups in total. The Hall–Kier alpha value is -1.37. The molecule has 1 rings (SSSR count). The Morgan fingerprint density at radius 1 is 1.41 bits per heavy atom. The number of hydrogen-bond donors (Lipinski definition) is 0. The Balaban J connectivity index is 2.46. The van der Waals surface area contributed by atoms with Crippen molar-refractivity contribution in [1.82, 2.24) is 10.1 Å². The standard InChI is InChI=1S/C13H21N3O/c1-10(6-8-14)9-12-15-11(16-17-12)5-7-13(2,3)4/h10H,5-7,9H2,1-4H3. The van der Waals surface area contributed by atoms with Crippen LogP contribution in [-0.2, 0) is 12.8 Å². The van der Waals surface area contributed by atoms with Gasteiger partial charge in [-0.1, -0.05) is 32.9 Å². The first kappa shape index (κ1) is 13.7. The summed E-state index contributed by atoms with van der Waals surface area (Å²) in [5, 5.41) is 12.5. The van der Waals surface area contributed by atoms with E-state index in [1.165, 1.54) is 0 Å². The molecule has 1 aromatic heterocycles. The van der Waals surface area contributed by atoms with Gasteiger partial charge in [-0.25, -0.2) is 0 Å². The number of aromatic nitrogens is 2. The summed E-state index contributed by atoms with van der Waals surface area (Å²) in [4.78, 5) is 4.35. The highest BCUT2D eigenvalue weighted by Gasteiger charge is 2.14. The van der Waals surface area contributed by atoms with Crippen molar-refractivity contribution in [3.8, 4) is 6.07 Å². The molecular formula is C13H21N3O. The van der Waals surface area contributed by atoms with Crippen molar-refractivity contribution in [3.05, 3.63) is 11.7 Å². The van der Waals surface area contributed by atoms with Crippen molar-refractivity contribution in [2.24, 2.45) is 11.3 Å². The molecule has 0 aliphatic heterocycles. The third-order valence-electron chi connectivity index (χ3n) is 2.57. The molecule has 1 atom stereocenters. The van der Waals surface area contributed by atoms with Crippen LogP contribution in [0.5, 0.6) is 0 Å². The monoisotopic (exact) mass is 235 g/mol. The Morgan fingerprint density at radius 3 is 2.71 bits per heavy atom. The van der Waals surface area contributed by atoms with Gasteiger partial charge in [0.25, 0.3) is 0 Å². The molecule has 0 bridgehead atoms. The van der Waals surface area contributed by atoms with Crippen LogP contribution in [0.4, 0.5) is 0 Å². The fraction of sp³-hybridized carbons (Fsp3) is 0.769. The molecule has 0 saturated heterocycles. The predicted octanol–water partition coefficient (Wildman–Crippen LogP) is 3.14. The van der Waals surface area contributed by atoms with E-state index in [0.717, 1.165) is 18.7 Å². The van der Waals surface area contributed by atoms with E-state index in [0.29, 0.717) is 18.7 Å². The molecule has 1 heterocycles. The topological polar surface area (TPSA) is 62.7 Å². The summed E-state index contributed by atoms with van der Waals surface area (Å²) in [6.45, 7) is 8.61. The van der Waals surface area contributed by atoms with Gasteiger partial charge >= 0.3 is 0 Å². The molecule has 0 radical (unpaired) electrons. The van der Waals surface area contributed by atoms with E-state index in [1.54, 1.807) is 0 Å². The number of rotatable bonds is 5. The van der Waals surface area contributed by atoms with E-state index in [1.807, 2.05) is 6.92 Å². The molecule has 94 valence electrons. The van der Waals surface area contributed by atoms with Gasteiger partial charge in [-0.05, 0) is 17.8 Å². The summed E-state index contributed by atoms with van der Waals surface area (Å²) in [6, 6.07) is 2.15. The summed E-state index contributed by atoms with van der Waals surface area (Å²) < 4.78 is 5.18. The number of nitriles is 1. The van der Waals surface area contributed by atoms with Crippen LogP contribution < -0.4 is 0 Å². The molecule has 0 spiro atoms. The molecule has 0 saturated carbocycles. The summed E-state index contributed by atoms with van der Waals surface area (Å²) in [5.41, 5.74) is 0.287.